The maximum absolute atomic E-state index is 11.1. The van der Waals surface area contributed by atoms with E-state index in [0.717, 1.165) is 5.75 Å². The number of hydrogen-bond acceptors (Lipinski definition) is 2. The van der Waals surface area contributed by atoms with E-state index in [9.17, 15) is 4.79 Å². The molecule has 0 saturated carbocycles. The van der Waals surface area contributed by atoms with Crippen LogP contribution in [0.15, 0.2) is 24.3 Å². The Hall–Kier alpha value is -1.51. The zero-order chi connectivity index (χ0) is 11.7. The van der Waals surface area contributed by atoms with Crippen molar-refractivity contribution in [3.05, 3.63) is 29.8 Å². The van der Waals surface area contributed by atoms with E-state index in [1.54, 1.807) is 31.3 Å². The second kappa shape index (κ2) is 7.85. The van der Waals surface area contributed by atoms with Crippen LogP contribution in [0, 0.1) is 0 Å². The minimum Gasteiger partial charge on any atom is -0.494 e. The maximum atomic E-state index is 11.1. The summed E-state index contributed by atoms with van der Waals surface area (Å²) in [7, 11) is 1.61. The quantitative estimate of drug-likeness (QED) is 0.830. The van der Waals surface area contributed by atoms with Crippen molar-refractivity contribution < 1.29 is 9.53 Å². The van der Waals surface area contributed by atoms with Gasteiger partial charge < -0.3 is 10.1 Å². The molecule has 0 spiro atoms. The average Bonchev–Trinajstić information content (AvgIpc) is 2.32. The number of ether oxygens (including phenoxy) is 1. The molecule has 0 aliphatic carbocycles. The fraction of sp³-hybridized carbons (Fsp3) is 0.417. The molecule has 1 aromatic rings. The third-order valence-electron chi connectivity index (χ3n) is 1.65. The van der Waals surface area contributed by atoms with Crippen molar-refractivity contribution in [3.8, 4) is 5.75 Å². The van der Waals surface area contributed by atoms with Crippen LogP contribution >= 0.6 is 0 Å². The minimum atomic E-state index is -0.0805. The third-order valence-corrected chi connectivity index (χ3v) is 1.65. The van der Waals surface area contributed by atoms with Crippen LogP contribution in [0.5, 0.6) is 5.75 Å². The molecule has 0 aliphatic heterocycles. The summed E-state index contributed by atoms with van der Waals surface area (Å²) in [5.41, 5.74) is 0.644. The smallest absolute Gasteiger partial charge is 0.251 e. The predicted molar refractivity (Wildman–Crippen MR) is 62.3 cm³/mol. The lowest BCUT2D eigenvalue weighted by atomic mass is 10.2. The van der Waals surface area contributed by atoms with Crippen molar-refractivity contribution in [3.63, 3.8) is 0 Å². The Morgan fingerprint density at radius 2 is 1.80 bits per heavy atom. The van der Waals surface area contributed by atoms with Crippen molar-refractivity contribution in [1.82, 2.24) is 5.32 Å². The van der Waals surface area contributed by atoms with Gasteiger partial charge in [0.15, 0.2) is 0 Å². The molecule has 0 saturated heterocycles. The first-order valence-corrected chi connectivity index (χ1v) is 5.23. The van der Waals surface area contributed by atoms with E-state index in [2.05, 4.69) is 5.32 Å². The Morgan fingerprint density at radius 3 is 2.20 bits per heavy atom. The molecule has 1 N–H and O–H groups in total. The van der Waals surface area contributed by atoms with Crippen LogP contribution in [-0.2, 0) is 0 Å². The monoisotopic (exact) mass is 209 g/mol. The lowest BCUT2D eigenvalue weighted by Gasteiger charge is -2.03. The highest BCUT2D eigenvalue weighted by Crippen LogP contribution is 2.11. The lowest BCUT2D eigenvalue weighted by molar-refractivity contribution is 0.0963. The van der Waals surface area contributed by atoms with E-state index in [4.69, 9.17) is 4.74 Å². The molecule has 3 heteroatoms. The van der Waals surface area contributed by atoms with Crippen LogP contribution in [0.25, 0.3) is 0 Å². The fourth-order valence-electron chi connectivity index (χ4n) is 1.01. The summed E-state index contributed by atoms with van der Waals surface area (Å²) in [6.07, 6.45) is 0. The van der Waals surface area contributed by atoms with Gasteiger partial charge in [-0.3, -0.25) is 4.79 Å². The molecule has 0 heterocycles. The van der Waals surface area contributed by atoms with Gasteiger partial charge in [-0.05, 0) is 31.2 Å². The molecule has 0 radical (unpaired) electrons. The Bertz CT molecular complexity index is 280. The van der Waals surface area contributed by atoms with Crippen LogP contribution in [0.2, 0.25) is 0 Å². The van der Waals surface area contributed by atoms with Gasteiger partial charge in [-0.25, -0.2) is 0 Å². The zero-order valence-corrected chi connectivity index (χ0v) is 9.83. The van der Waals surface area contributed by atoms with Crippen molar-refractivity contribution >= 4 is 5.91 Å². The highest BCUT2D eigenvalue weighted by Gasteiger charge is 2.01. The van der Waals surface area contributed by atoms with E-state index in [1.807, 2.05) is 20.8 Å². The van der Waals surface area contributed by atoms with Crippen molar-refractivity contribution in [2.45, 2.75) is 20.8 Å². The Kier molecular flexibility index (Phi) is 7.06. The fourth-order valence-corrected chi connectivity index (χ4v) is 1.01. The van der Waals surface area contributed by atoms with Crippen LogP contribution < -0.4 is 10.1 Å². The standard InChI is InChI=1S/C10H13NO2.C2H6/c1-3-13-9-6-4-8(5-7-9)10(12)11-2;1-2/h4-7H,3H2,1-2H3,(H,11,12);1-2H3. The molecule has 0 atom stereocenters. The first-order valence-electron chi connectivity index (χ1n) is 5.23. The van der Waals surface area contributed by atoms with Gasteiger partial charge in [0.25, 0.3) is 5.91 Å². The van der Waals surface area contributed by atoms with Crippen molar-refractivity contribution in [1.29, 1.82) is 0 Å². The zero-order valence-electron chi connectivity index (χ0n) is 9.83. The molecule has 84 valence electrons. The number of carbonyl (C=O) groups excluding carboxylic acids is 1. The second-order valence-corrected chi connectivity index (χ2v) is 2.54. The molecular weight excluding hydrogens is 190 g/mol. The topological polar surface area (TPSA) is 38.3 Å². The van der Waals surface area contributed by atoms with E-state index < -0.39 is 0 Å². The first kappa shape index (κ1) is 13.5. The predicted octanol–water partition coefficient (Wildman–Crippen LogP) is 2.47. The molecule has 0 fully saturated rings. The Morgan fingerprint density at radius 1 is 1.27 bits per heavy atom. The molecule has 0 bridgehead atoms. The van der Waals surface area contributed by atoms with Gasteiger partial charge >= 0.3 is 0 Å². The van der Waals surface area contributed by atoms with Gasteiger partial charge in [0, 0.05) is 12.6 Å². The molecule has 1 amide bonds. The lowest BCUT2D eigenvalue weighted by Crippen LogP contribution is -2.17. The molecule has 3 nitrogen and oxygen atoms in total. The van der Waals surface area contributed by atoms with Crippen molar-refractivity contribution in [2.24, 2.45) is 0 Å². The van der Waals surface area contributed by atoms with E-state index in [0.29, 0.717) is 12.2 Å². The molecular formula is C12H19NO2. The normalized spacial score (nSPS) is 8.53. The Balaban J connectivity index is 0.000000921. The summed E-state index contributed by atoms with van der Waals surface area (Å²) in [6, 6.07) is 7.05. The Labute approximate surface area is 91.5 Å². The maximum Gasteiger partial charge on any atom is 0.251 e. The highest BCUT2D eigenvalue weighted by molar-refractivity contribution is 5.94. The van der Waals surface area contributed by atoms with E-state index in [1.165, 1.54) is 0 Å². The summed E-state index contributed by atoms with van der Waals surface area (Å²) in [5, 5.41) is 2.55. The third kappa shape index (κ3) is 4.49. The number of hydrogen-bond donors (Lipinski definition) is 1. The van der Waals surface area contributed by atoms with Gasteiger partial charge in [0.1, 0.15) is 5.75 Å². The summed E-state index contributed by atoms with van der Waals surface area (Å²) < 4.78 is 5.24. The number of nitrogens with one attached hydrogen (secondary N) is 1. The molecule has 1 aromatic carbocycles. The summed E-state index contributed by atoms with van der Waals surface area (Å²) in [5.74, 6) is 0.707. The summed E-state index contributed by atoms with van der Waals surface area (Å²) in [4.78, 5) is 11.1. The molecule has 0 unspecified atom stereocenters. The molecule has 0 aromatic heterocycles. The highest BCUT2D eigenvalue weighted by atomic mass is 16.5. The van der Waals surface area contributed by atoms with Gasteiger partial charge in [-0.2, -0.15) is 0 Å². The average molecular weight is 209 g/mol. The molecule has 1 rings (SSSR count). The molecule has 15 heavy (non-hydrogen) atoms. The second-order valence-electron chi connectivity index (χ2n) is 2.54. The molecule has 0 aliphatic rings. The minimum absolute atomic E-state index is 0.0805. The van der Waals surface area contributed by atoms with Crippen molar-refractivity contribution in [2.75, 3.05) is 13.7 Å². The van der Waals surface area contributed by atoms with Gasteiger partial charge in [-0.15, -0.1) is 0 Å². The number of carbonyl (C=O) groups is 1. The first-order chi connectivity index (χ1) is 7.27. The number of amides is 1. The largest absolute Gasteiger partial charge is 0.494 e. The number of benzene rings is 1. The van der Waals surface area contributed by atoms with Crippen LogP contribution in [0.3, 0.4) is 0 Å². The van der Waals surface area contributed by atoms with Gasteiger partial charge in [-0.1, -0.05) is 13.8 Å². The van der Waals surface area contributed by atoms with Crippen LogP contribution in [0.1, 0.15) is 31.1 Å². The van der Waals surface area contributed by atoms with E-state index in [-0.39, 0.29) is 5.91 Å². The van der Waals surface area contributed by atoms with Crippen LogP contribution in [-0.4, -0.2) is 19.6 Å². The summed E-state index contributed by atoms with van der Waals surface area (Å²) >= 11 is 0. The van der Waals surface area contributed by atoms with Gasteiger partial charge in [0.05, 0.1) is 6.61 Å². The SMILES string of the molecule is CC.CCOc1ccc(C(=O)NC)cc1. The van der Waals surface area contributed by atoms with E-state index >= 15 is 0 Å². The number of rotatable bonds is 3. The summed E-state index contributed by atoms with van der Waals surface area (Å²) in [6.45, 7) is 6.56. The van der Waals surface area contributed by atoms with Crippen LogP contribution in [0.4, 0.5) is 0 Å². The van der Waals surface area contributed by atoms with Gasteiger partial charge in [0.2, 0.25) is 0 Å².